The third-order valence-corrected chi connectivity index (χ3v) is 7.10. The number of nitrogens with zero attached hydrogens (tertiary/aromatic N) is 1. The maximum atomic E-state index is 13.7. The zero-order valence-electron chi connectivity index (χ0n) is 17.3. The van der Waals surface area contributed by atoms with Gasteiger partial charge < -0.3 is 10.6 Å². The third-order valence-electron chi connectivity index (χ3n) is 5.22. The standard InChI is InChI=1S/C22H26FN3O4S/c1-16(27)25-19-8-10-20(11-9-19)31(29,30)26-14-4-6-18(15-26)22(28)24-13-12-17-5-2-3-7-21(17)23/h2-3,5,7-11,18H,4,6,12-15H2,1H3,(H,24,28)(H,25,27)/t18-/m1/s1. The summed E-state index contributed by atoms with van der Waals surface area (Å²) < 4.78 is 41.0. The Labute approximate surface area is 181 Å². The number of rotatable bonds is 7. The van der Waals surface area contributed by atoms with E-state index in [1.807, 2.05) is 0 Å². The molecule has 1 aliphatic heterocycles. The monoisotopic (exact) mass is 447 g/mol. The van der Waals surface area contributed by atoms with E-state index in [-0.39, 0.29) is 35.6 Å². The summed E-state index contributed by atoms with van der Waals surface area (Å²) in [4.78, 5) is 23.8. The predicted molar refractivity (Wildman–Crippen MR) is 115 cm³/mol. The number of sulfonamides is 1. The highest BCUT2D eigenvalue weighted by Gasteiger charge is 2.33. The molecule has 1 saturated heterocycles. The van der Waals surface area contributed by atoms with Crippen LogP contribution in [0.25, 0.3) is 0 Å². The van der Waals surface area contributed by atoms with E-state index in [9.17, 15) is 22.4 Å². The van der Waals surface area contributed by atoms with Gasteiger partial charge in [-0.1, -0.05) is 18.2 Å². The second kappa shape index (κ2) is 10.0. The molecule has 31 heavy (non-hydrogen) atoms. The minimum atomic E-state index is -3.75. The van der Waals surface area contributed by atoms with Gasteiger partial charge in [-0.2, -0.15) is 4.31 Å². The van der Waals surface area contributed by atoms with Gasteiger partial charge in [-0.25, -0.2) is 12.8 Å². The number of nitrogens with one attached hydrogen (secondary N) is 2. The molecule has 3 rings (SSSR count). The van der Waals surface area contributed by atoms with Crippen molar-refractivity contribution in [1.82, 2.24) is 9.62 Å². The van der Waals surface area contributed by atoms with E-state index in [1.54, 1.807) is 18.2 Å². The van der Waals surface area contributed by atoms with E-state index in [1.165, 1.54) is 41.6 Å². The third kappa shape index (κ3) is 5.89. The number of hydrogen-bond acceptors (Lipinski definition) is 4. The van der Waals surface area contributed by atoms with Gasteiger partial charge in [0.25, 0.3) is 0 Å². The Morgan fingerprint density at radius 1 is 1.13 bits per heavy atom. The van der Waals surface area contributed by atoms with Gasteiger partial charge in [0.1, 0.15) is 5.82 Å². The molecule has 9 heteroatoms. The van der Waals surface area contributed by atoms with E-state index < -0.39 is 15.9 Å². The molecule has 0 aliphatic carbocycles. The summed E-state index contributed by atoms with van der Waals surface area (Å²) in [5.41, 5.74) is 1.04. The van der Waals surface area contributed by atoms with Crippen molar-refractivity contribution in [2.45, 2.75) is 31.1 Å². The fourth-order valence-electron chi connectivity index (χ4n) is 3.60. The van der Waals surface area contributed by atoms with Crippen LogP contribution < -0.4 is 10.6 Å². The lowest BCUT2D eigenvalue weighted by Crippen LogP contribution is -2.45. The maximum absolute atomic E-state index is 13.7. The van der Waals surface area contributed by atoms with E-state index in [4.69, 9.17) is 0 Å². The van der Waals surface area contributed by atoms with Crippen LogP contribution in [0.1, 0.15) is 25.3 Å². The number of hydrogen-bond donors (Lipinski definition) is 2. The lowest BCUT2D eigenvalue weighted by molar-refractivity contribution is -0.126. The topological polar surface area (TPSA) is 95.6 Å². The molecule has 0 spiro atoms. The van der Waals surface area contributed by atoms with Crippen molar-refractivity contribution in [3.05, 3.63) is 59.9 Å². The highest BCUT2D eigenvalue weighted by Crippen LogP contribution is 2.25. The zero-order valence-corrected chi connectivity index (χ0v) is 18.1. The van der Waals surface area contributed by atoms with Crippen LogP contribution in [-0.4, -0.2) is 44.2 Å². The second-order valence-corrected chi connectivity index (χ2v) is 9.48. The minimum Gasteiger partial charge on any atom is -0.355 e. The first-order valence-corrected chi connectivity index (χ1v) is 11.6. The molecule has 2 N–H and O–H groups in total. The predicted octanol–water partition coefficient (Wildman–Crippen LogP) is 2.54. The van der Waals surface area contributed by atoms with E-state index >= 15 is 0 Å². The highest BCUT2D eigenvalue weighted by molar-refractivity contribution is 7.89. The number of amides is 2. The van der Waals surface area contributed by atoms with Crippen LogP contribution in [0.3, 0.4) is 0 Å². The van der Waals surface area contributed by atoms with Gasteiger partial charge in [-0.3, -0.25) is 9.59 Å². The minimum absolute atomic E-state index is 0.0985. The number of piperidine rings is 1. The van der Waals surface area contributed by atoms with Crippen LogP contribution in [0.4, 0.5) is 10.1 Å². The molecule has 0 aromatic heterocycles. The maximum Gasteiger partial charge on any atom is 0.243 e. The van der Waals surface area contributed by atoms with E-state index in [0.717, 1.165) is 0 Å². The van der Waals surface area contributed by atoms with Crippen molar-refractivity contribution >= 4 is 27.5 Å². The zero-order chi connectivity index (χ0) is 22.4. The quantitative estimate of drug-likeness (QED) is 0.682. The molecule has 1 aliphatic rings. The largest absolute Gasteiger partial charge is 0.355 e. The van der Waals surface area contributed by atoms with Gasteiger partial charge in [0.05, 0.1) is 10.8 Å². The van der Waals surface area contributed by atoms with Gasteiger partial charge in [0, 0.05) is 32.2 Å². The number of anilines is 1. The molecule has 0 bridgehead atoms. The van der Waals surface area contributed by atoms with Crippen molar-refractivity contribution in [3.8, 4) is 0 Å². The first-order chi connectivity index (χ1) is 14.8. The van der Waals surface area contributed by atoms with Crippen molar-refractivity contribution in [2.24, 2.45) is 5.92 Å². The van der Waals surface area contributed by atoms with Crippen molar-refractivity contribution in [1.29, 1.82) is 0 Å². The van der Waals surface area contributed by atoms with Gasteiger partial charge in [0.15, 0.2) is 0 Å². The summed E-state index contributed by atoms with van der Waals surface area (Å²) in [5.74, 6) is -1.23. The Morgan fingerprint density at radius 2 is 1.84 bits per heavy atom. The van der Waals surface area contributed by atoms with Crippen LogP contribution in [-0.2, 0) is 26.0 Å². The molecule has 2 aromatic carbocycles. The smallest absolute Gasteiger partial charge is 0.243 e. The Hall–Kier alpha value is -2.78. The lowest BCUT2D eigenvalue weighted by atomic mass is 9.99. The molecular weight excluding hydrogens is 421 g/mol. The summed E-state index contributed by atoms with van der Waals surface area (Å²) in [7, 11) is -3.75. The summed E-state index contributed by atoms with van der Waals surface area (Å²) >= 11 is 0. The lowest BCUT2D eigenvalue weighted by Gasteiger charge is -2.31. The van der Waals surface area contributed by atoms with Crippen molar-refractivity contribution < 1.29 is 22.4 Å². The van der Waals surface area contributed by atoms with Crippen LogP contribution in [0, 0.1) is 11.7 Å². The summed E-state index contributed by atoms with van der Waals surface area (Å²) in [5, 5.41) is 5.39. The van der Waals surface area contributed by atoms with Crippen LogP contribution in [0.5, 0.6) is 0 Å². The van der Waals surface area contributed by atoms with Crippen LogP contribution >= 0.6 is 0 Å². The normalized spacial score (nSPS) is 17.2. The average molecular weight is 448 g/mol. The molecule has 7 nitrogen and oxygen atoms in total. The molecule has 2 amide bonds. The fraction of sp³-hybridized carbons (Fsp3) is 0.364. The molecule has 1 atom stereocenters. The van der Waals surface area contributed by atoms with Gasteiger partial charge in [-0.15, -0.1) is 0 Å². The Kier molecular flexibility index (Phi) is 7.40. The summed E-state index contributed by atoms with van der Waals surface area (Å²) in [6.07, 6.45) is 1.54. The highest BCUT2D eigenvalue weighted by atomic mass is 32.2. The van der Waals surface area contributed by atoms with Crippen molar-refractivity contribution in [3.63, 3.8) is 0 Å². The van der Waals surface area contributed by atoms with Crippen molar-refractivity contribution in [2.75, 3.05) is 25.0 Å². The number of carbonyl (C=O) groups excluding carboxylic acids is 2. The Balaban J connectivity index is 1.59. The van der Waals surface area contributed by atoms with Crippen LogP contribution in [0.15, 0.2) is 53.4 Å². The first-order valence-electron chi connectivity index (χ1n) is 10.2. The fourth-order valence-corrected chi connectivity index (χ4v) is 5.13. The van der Waals surface area contributed by atoms with E-state index in [0.29, 0.717) is 37.1 Å². The average Bonchev–Trinajstić information content (AvgIpc) is 2.75. The van der Waals surface area contributed by atoms with Gasteiger partial charge in [-0.05, 0) is 55.2 Å². The summed E-state index contributed by atoms with van der Waals surface area (Å²) in [6, 6.07) is 12.4. The molecule has 1 fully saturated rings. The molecule has 0 radical (unpaired) electrons. The molecule has 1 heterocycles. The molecule has 0 unspecified atom stereocenters. The Bertz CT molecular complexity index is 1040. The number of benzene rings is 2. The second-order valence-electron chi connectivity index (χ2n) is 7.54. The van der Waals surface area contributed by atoms with Crippen LogP contribution in [0.2, 0.25) is 0 Å². The van der Waals surface area contributed by atoms with E-state index in [2.05, 4.69) is 10.6 Å². The first kappa shape index (κ1) is 22.9. The summed E-state index contributed by atoms with van der Waals surface area (Å²) in [6.45, 7) is 2.10. The SMILES string of the molecule is CC(=O)Nc1ccc(S(=O)(=O)N2CCC[C@@H](C(=O)NCCc3ccccc3F)C2)cc1. The Morgan fingerprint density at radius 3 is 2.52 bits per heavy atom. The molecule has 166 valence electrons. The number of carbonyl (C=O) groups is 2. The molecule has 0 saturated carbocycles. The molecular formula is C22H26FN3O4S. The van der Waals surface area contributed by atoms with Gasteiger partial charge >= 0.3 is 0 Å². The van der Waals surface area contributed by atoms with Gasteiger partial charge in [0.2, 0.25) is 21.8 Å². The molecule has 2 aromatic rings. The number of halogens is 1.